The van der Waals surface area contributed by atoms with Gasteiger partial charge in [0, 0.05) is 24.0 Å². The number of nitrogens with zero attached hydrogens (tertiary/aromatic N) is 2. The molecule has 0 bridgehead atoms. The Morgan fingerprint density at radius 3 is 2.93 bits per heavy atom. The molecule has 0 atom stereocenters. The molecule has 1 aliphatic heterocycles. The second-order valence-corrected chi connectivity index (χ2v) is 4.10. The molecule has 80 valence electrons. The number of hydrogen-bond donors (Lipinski definition) is 1. The topological polar surface area (TPSA) is 51.0 Å². The maximum absolute atomic E-state index is 5.20. The Labute approximate surface area is 97.1 Å². The van der Waals surface area contributed by atoms with E-state index in [0.717, 1.165) is 24.5 Å². The fourth-order valence-corrected chi connectivity index (χ4v) is 2.01. The molecule has 1 aliphatic rings. The van der Waals surface area contributed by atoms with Crippen LogP contribution in [-0.4, -0.2) is 23.2 Å². The summed E-state index contributed by atoms with van der Waals surface area (Å²) in [4.78, 5) is 4.36. The maximum atomic E-state index is 5.20. The third-order valence-corrected chi connectivity index (χ3v) is 3.04. The molecule has 4 nitrogen and oxygen atoms in total. The van der Waals surface area contributed by atoms with Crippen LogP contribution in [-0.2, 0) is 0 Å². The normalized spacial score (nSPS) is 15.7. The number of rotatable bonds is 2. The molecule has 15 heavy (non-hydrogen) atoms. The van der Waals surface area contributed by atoms with Gasteiger partial charge in [0.1, 0.15) is 0 Å². The van der Waals surface area contributed by atoms with Gasteiger partial charge in [0.25, 0.3) is 0 Å². The number of aromatic nitrogens is 2. The number of nitrogens with one attached hydrogen (secondary N) is 1. The van der Waals surface area contributed by atoms with Crippen molar-refractivity contribution in [2.45, 2.75) is 5.92 Å². The Morgan fingerprint density at radius 1 is 1.47 bits per heavy atom. The largest absolute Gasteiger partial charge is 0.339 e. The van der Waals surface area contributed by atoms with E-state index in [9.17, 15) is 0 Å². The van der Waals surface area contributed by atoms with Crippen LogP contribution in [0.2, 0.25) is 0 Å². The van der Waals surface area contributed by atoms with Crippen LogP contribution in [0.15, 0.2) is 21.3 Å². The summed E-state index contributed by atoms with van der Waals surface area (Å²) < 4.78 is 5.20. The molecule has 3 heterocycles. The second kappa shape index (κ2) is 4.30. The first-order valence-corrected chi connectivity index (χ1v) is 5.44. The summed E-state index contributed by atoms with van der Waals surface area (Å²) >= 11 is 1.64. The fraction of sp³-hybridized carbons (Fsp3) is 0.333. The average Bonchev–Trinajstić information content (AvgIpc) is 2.65. The van der Waals surface area contributed by atoms with Crippen LogP contribution in [0, 0.1) is 0 Å². The molecule has 2 aromatic heterocycles. The van der Waals surface area contributed by atoms with E-state index < -0.39 is 0 Å². The molecule has 0 radical (unpaired) electrons. The van der Waals surface area contributed by atoms with Crippen molar-refractivity contribution >= 4 is 23.7 Å². The smallest absolute Gasteiger partial charge is 0.232 e. The second-order valence-electron chi connectivity index (χ2n) is 3.32. The van der Waals surface area contributed by atoms with Crippen LogP contribution < -0.4 is 5.32 Å². The summed E-state index contributed by atoms with van der Waals surface area (Å²) in [7, 11) is 0. The molecular formula is C9H10ClN3OS. The monoisotopic (exact) mass is 243 g/mol. The van der Waals surface area contributed by atoms with Gasteiger partial charge in [0.05, 0.1) is 5.92 Å². The van der Waals surface area contributed by atoms with Crippen LogP contribution in [0.25, 0.3) is 11.4 Å². The van der Waals surface area contributed by atoms with Crippen LogP contribution in [0.5, 0.6) is 0 Å². The first kappa shape index (κ1) is 10.6. The van der Waals surface area contributed by atoms with Gasteiger partial charge in [-0.1, -0.05) is 5.16 Å². The van der Waals surface area contributed by atoms with E-state index in [1.807, 2.05) is 16.8 Å². The summed E-state index contributed by atoms with van der Waals surface area (Å²) in [6.45, 7) is 1.90. The van der Waals surface area contributed by atoms with Gasteiger partial charge in [-0.15, -0.1) is 12.4 Å². The third-order valence-electron chi connectivity index (χ3n) is 2.35. The minimum Gasteiger partial charge on any atom is -0.339 e. The quantitative estimate of drug-likeness (QED) is 0.876. The van der Waals surface area contributed by atoms with Crippen molar-refractivity contribution in [1.29, 1.82) is 0 Å². The van der Waals surface area contributed by atoms with Gasteiger partial charge in [0.15, 0.2) is 0 Å². The van der Waals surface area contributed by atoms with Crippen molar-refractivity contribution in [3.8, 4) is 11.4 Å². The SMILES string of the molecule is Cl.c1cc(-c2noc(C3CNC3)n2)cs1. The van der Waals surface area contributed by atoms with Crippen molar-refractivity contribution < 1.29 is 4.52 Å². The van der Waals surface area contributed by atoms with Crippen LogP contribution in [0.3, 0.4) is 0 Å². The molecule has 2 aromatic rings. The zero-order chi connectivity index (χ0) is 9.38. The van der Waals surface area contributed by atoms with Crippen molar-refractivity contribution in [1.82, 2.24) is 15.5 Å². The highest BCUT2D eigenvalue weighted by Crippen LogP contribution is 2.23. The minimum absolute atomic E-state index is 0. The molecule has 0 spiro atoms. The predicted molar refractivity (Wildman–Crippen MR) is 60.5 cm³/mol. The van der Waals surface area contributed by atoms with E-state index in [2.05, 4.69) is 15.5 Å². The summed E-state index contributed by atoms with van der Waals surface area (Å²) in [6, 6.07) is 2.00. The molecule has 1 N–H and O–H groups in total. The molecule has 0 aliphatic carbocycles. The third kappa shape index (κ3) is 1.90. The van der Waals surface area contributed by atoms with E-state index in [-0.39, 0.29) is 12.4 Å². The molecule has 0 aromatic carbocycles. The highest BCUT2D eigenvalue weighted by molar-refractivity contribution is 7.08. The van der Waals surface area contributed by atoms with Gasteiger partial charge in [-0.2, -0.15) is 16.3 Å². The molecule has 3 rings (SSSR count). The van der Waals surface area contributed by atoms with Crippen LogP contribution in [0.4, 0.5) is 0 Å². The summed E-state index contributed by atoms with van der Waals surface area (Å²) in [5.41, 5.74) is 1.04. The molecule has 0 amide bonds. The number of halogens is 1. The van der Waals surface area contributed by atoms with Crippen molar-refractivity contribution in [2.75, 3.05) is 13.1 Å². The Morgan fingerprint density at radius 2 is 2.33 bits per heavy atom. The number of thiophene rings is 1. The van der Waals surface area contributed by atoms with Crippen molar-refractivity contribution in [3.63, 3.8) is 0 Å². The first-order valence-electron chi connectivity index (χ1n) is 4.50. The average molecular weight is 244 g/mol. The number of hydrogen-bond acceptors (Lipinski definition) is 5. The van der Waals surface area contributed by atoms with Gasteiger partial charge in [-0.3, -0.25) is 0 Å². The highest BCUT2D eigenvalue weighted by Gasteiger charge is 2.25. The van der Waals surface area contributed by atoms with Gasteiger partial charge in [0.2, 0.25) is 11.7 Å². The molecular weight excluding hydrogens is 234 g/mol. The van der Waals surface area contributed by atoms with Gasteiger partial charge >= 0.3 is 0 Å². The van der Waals surface area contributed by atoms with Gasteiger partial charge in [-0.05, 0) is 11.4 Å². The fourth-order valence-electron chi connectivity index (χ4n) is 1.37. The zero-order valence-corrected chi connectivity index (χ0v) is 9.48. The summed E-state index contributed by atoms with van der Waals surface area (Å²) in [5.74, 6) is 1.87. The highest BCUT2D eigenvalue weighted by atomic mass is 35.5. The van der Waals surface area contributed by atoms with E-state index >= 15 is 0 Å². The van der Waals surface area contributed by atoms with E-state index in [0.29, 0.717) is 11.7 Å². The summed E-state index contributed by atoms with van der Waals surface area (Å²) in [5, 5.41) is 11.2. The first-order chi connectivity index (χ1) is 6.93. The lowest BCUT2D eigenvalue weighted by molar-refractivity contribution is 0.308. The maximum Gasteiger partial charge on any atom is 0.232 e. The van der Waals surface area contributed by atoms with E-state index in [1.165, 1.54) is 0 Å². The van der Waals surface area contributed by atoms with Gasteiger partial charge < -0.3 is 9.84 Å². The minimum atomic E-state index is 0. The van der Waals surface area contributed by atoms with Crippen LogP contribution >= 0.6 is 23.7 Å². The standard InChI is InChI=1S/C9H9N3OS.ClH/c1-2-14-5-6(1)8-11-9(13-12-8)7-3-10-4-7;/h1-2,5,7,10H,3-4H2;1H. The molecule has 1 fully saturated rings. The Kier molecular flexibility index (Phi) is 3.04. The van der Waals surface area contributed by atoms with Crippen molar-refractivity contribution in [3.05, 3.63) is 22.7 Å². The lowest BCUT2D eigenvalue weighted by atomic mass is 10.0. The molecule has 1 saturated heterocycles. The van der Waals surface area contributed by atoms with E-state index in [4.69, 9.17) is 4.52 Å². The summed E-state index contributed by atoms with van der Waals surface area (Å²) in [6.07, 6.45) is 0. The molecule has 6 heteroatoms. The lowest BCUT2D eigenvalue weighted by Crippen LogP contribution is -2.40. The van der Waals surface area contributed by atoms with E-state index in [1.54, 1.807) is 11.3 Å². The Hall–Kier alpha value is -0.910. The molecule has 0 unspecified atom stereocenters. The Balaban J connectivity index is 0.000000853. The van der Waals surface area contributed by atoms with Crippen LogP contribution in [0.1, 0.15) is 11.8 Å². The molecule has 0 saturated carbocycles. The van der Waals surface area contributed by atoms with Gasteiger partial charge in [-0.25, -0.2) is 0 Å². The predicted octanol–water partition coefficient (Wildman–Crippen LogP) is 1.91. The van der Waals surface area contributed by atoms with Crippen molar-refractivity contribution in [2.24, 2.45) is 0 Å². The zero-order valence-electron chi connectivity index (χ0n) is 7.84. The lowest BCUT2D eigenvalue weighted by Gasteiger charge is -2.22. The Bertz CT molecular complexity index is 424.